The van der Waals surface area contributed by atoms with E-state index in [1.165, 1.54) is 14.0 Å². The van der Waals surface area contributed by atoms with Gasteiger partial charge in [-0.3, -0.25) is 9.69 Å². The van der Waals surface area contributed by atoms with Crippen LogP contribution < -0.4 is 14.8 Å². The van der Waals surface area contributed by atoms with E-state index in [0.29, 0.717) is 17.9 Å². The SMILES string of the molecule is COc1cc([C@H](CC#N)N2CCNCC2)ccc1OC(C)=O. The van der Waals surface area contributed by atoms with Gasteiger partial charge in [0.25, 0.3) is 0 Å². The predicted molar refractivity (Wildman–Crippen MR) is 81.7 cm³/mol. The minimum absolute atomic E-state index is 0.0207. The molecule has 1 aliphatic heterocycles. The summed E-state index contributed by atoms with van der Waals surface area (Å²) < 4.78 is 10.4. The predicted octanol–water partition coefficient (Wildman–Crippen LogP) is 1.48. The molecule has 1 heterocycles. The fourth-order valence-corrected chi connectivity index (χ4v) is 2.67. The first-order valence-corrected chi connectivity index (χ1v) is 7.33. The van der Waals surface area contributed by atoms with E-state index in [1.807, 2.05) is 12.1 Å². The summed E-state index contributed by atoms with van der Waals surface area (Å²) in [7, 11) is 1.54. The van der Waals surface area contributed by atoms with Crippen LogP contribution in [0.5, 0.6) is 11.5 Å². The zero-order valence-electron chi connectivity index (χ0n) is 13.0. The summed E-state index contributed by atoms with van der Waals surface area (Å²) in [5.41, 5.74) is 0.996. The highest BCUT2D eigenvalue weighted by Gasteiger charge is 2.23. The third kappa shape index (κ3) is 3.97. The van der Waals surface area contributed by atoms with Crippen LogP contribution in [0.3, 0.4) is 0 Å². The molecule has 0 aromatic heterocycles. The first-order chi connectivity index (χ1) is 10.7. The molecule has 1 fully saturated rings. The Morgan fingerprint density at radius 1 is 1.41 bits per heavy atom. The van der Waals surface area contributed by atoms with Crippen LogP contribution in [0.4, 0.5) is 0 Å². The van der Waals surface area contributed by atoms with Gasteiger partial charge in [-0.2, -0.15) is 5.26 Å². The van der Waals surface area contributed by atoms with E-state index in [1.54, 1.807) is 6.07 Å². The Labute approximate surface area is 130 Å². The van der Waals surface area contributed by atoms with E-state index >= 15 is 0 Å². The van der Waals surface area contributed by atoms with Crippen molar-refractivity contribution in [1.82, 2.24) is 10.2 Å². The van der Waals surface area contributed by atoms with Crippen molar-refractivity contribution in [3.63, 3.8) is 0 Å². The summed E-state index contributed by atoms with van der Waals surface area (Å²) in [6, 6.07) is 7.75. The van der Waals surface area contributed by atoms with Gasteiger partial charge in [0.05, 0.1) is 19.6 Å². The van der Waals surface area contributed by atoms with Gasteiger partial charge < -0.3 is 14.8 Å². The van der Waals surface area contributed by atoms with E-state index in [-0.39, 0.29) is 12.0 Å². The number of methoxy groups -OCH3 is 1. The number of ether oxygens (including phenoxy) is 2. The summed E-state index contributed by atoms with van der Waals surface area (Å²) in [5, 5.41) is 12.4. The molecule has 1 aromatic carbocycles. The normalized spacial score (nSPS) is 16.6. The van der Waals surface area contributed by atoms with Gasteiger partial charge in [-0.1, -0.05) is 6.07 Å². The molecule has 0 radical (unpaired) electrons. The molecule has 0 spiro atoms. The molecule has 1 aromatic rings. The Hall–Kier alpha value is -2.10. The average Bonchev–Trinajstić information content (AvgIpc) is 2.53. The maximum atomic E-state index is 11.1. The Morgan fingerprint density at radius 2 is 2.14 bits per heavy atom. The lowest BCUT2D eigenvalue weighted by atomic mass is 10.0. The first-order valence-electron chi connectivity index (χ1n) is 7.33. The number of hydrogen-bond donors (Lipinski definition) is 1. The van der Waals surface area contributed by atoms with Crippen molar-refractivity contribution in [2.24, 2.45) is 0 Å². The van der Waals surface area contributed by atoms with Crippen LogP contribution in [0.2, 0.25) is 0 Å². The van der Waals surface area contributed by atoms with E-state index in [9.17, 15) is 4.79 Å². The lowest BCUT2D eigenvalue weighted by molar-refractivity contribution is -0.132. The van der Waals surface area contributed by atoms with Gasteiger partial charge in [0, 0.05) is 39.1 Å². The van der Waals surface area contributed by atoms with Crippen LogP contribution >= 0.6 is 0 Å². The quantitative estimate of drug-likeness (QED) is 0.656. The molecular formula is C16H21N3O3. The van der Waals surface area contributed by atoms with Crippen molar-refractivity contribution < 1.29 is 14.3 Å². The summed E-state index contributed by atoms with van der Waals surface area (Å²) in [6.07, 6.45) is 0.413. The van der Waals surface area contributed by atoms with Gasteiger partial charge in [0.2, 0.25) is 0 Å². The minimum atomic E-state index is -0.387. The second kappa shape index (κ2) is 7.78. The highest BCUT2D eigenvalue weighted by Crippen LogP contribution is 2.33. The highest BCUT2D eigenvalue weighted by molar-refractivity contribution is 5.70. The molecule has 2 rings (SSSR count). The fourth-order valence-electron chi connectivity index (χ4n) is 2.67. The number of rotatable bonds is 5. The Bertz CT molecular complexity index is 562. The number of benzene rings is 1. The lowest BCUT2D eigenvalue weighted by Gasteiger charge is -2.34. The van der Waals surface area contributed by atoms with Gasteiger partial charge >= 0.3 is 5.97 Å². The molecule has 6 nitrogen and oxygen atoms in total. The summed E-state index contributed by atoms with van der Waals surface area (Å²) in [6.45, 7) is 5.00. The number of nitrogens with zero attached hydrogens (tertiary/aromatic N) is 2. The van der Waals surface area contributed by atoms with Crippen LogP contribution in [0.1, 0.15) is 24.9 Å². The van der Waals surface area contributed by atoms with Gasteiger partial charge in [0.1, 0.15) is 0 Å². The van der Waals surface area contributed by atoms with Crippen molar-refractivity contribution in [2.45, 2.75) is 19.4 Å². The largest absolute Gasteiger partial charge is 0.493 e. The fraction of sp³-hybridized carbons (Fsp3) is 0.500. The van der Waals surface area contributed by atoms with Crippen LogP contribution in [0.25, 0.3) is 0 Å². The number of nitrogens with one attached hydrogen (secondary N) is 1. The van der Waals surface area contributed by atoms with E-state index in [0.717, 1.165) is 31.7 Å². The smallest absolute Gasteiger partial charge is 0.308 e. The second-order valence-electron chi connectivity index (χ2n) is 5.17. The first kappa shape index (κ1) is 16.3. The Morgan fingerprint density at radius 3 is 2.73 bits per heavy atom. The molecule has 118 valence electrons. The summed E-state index contributed by atoms with van der Waals surface area (Å²) >= 11 is 0. The van der Waals surface area contributed by atoms with Crippen molar-refractivity contribution in [3.05, 3.63) is 23.8 Å². The maximum Gasteiger partial charge on any atom is 0.308 e. The molecule has 6 heteroatoms. The van der Waals surface area contributed by atoms with E-state index < -0.39 is 0 Å². The third-order valence-corrected chi connectivity index (χ3v) is 3.70. The number of carbonyl (C=O) groups is 1. The van der Waals surface area contributed by atoms with Crippen molar-refractivity contribution in [1.29, 1.82) is 5.26 Å². The maximum absolute atomic E-state index is 11.1. The molecule has 22 heavy (non-hydrogen) atoms. The lowest BCUT2D eigenvalue weighted by Crippen LogP contribution is -2.45. The minimum Gasteiger partial charge on any atom is -0.493 e. The number of piperazine rings is 1. The molecule has 1 saturated heterocycles. The monoisotopic (exact) mass is 303 g/mol. The van der Waals surface area contributed by atoms with Crippen molar-refractivity contribution in [3.8, 4) is 17.6 Å². The molecule has 0 unspecified atom stereocenters. The zero-order valence-corrected chi connectivity index (χ0v) is 13.0. The number of nitriles is 1. The number of carbonyl (C=O) groups excluding carboxylic acids is 1. The van der Waals surface area contributed by atoms with E-state index in [2.05, 4.69) is 16.3 Å². The molecule has 0 saturated carbocycles. The van der Waals surface area contributed by atoms with Crippen LogP contribution in [-0.4, -0.2) is 44.2 Å². The zero-order chi connectivity index (χ0) is 15.9. The van der Waals surface area contributed by atoms with Gasteiger partial charge in [0.15, 0.2) is 11.5 Å². The van der Waals surface area contributed by atoms with Gasteiger partial charge in [-0.05, 0) is 17.7 Å². The average molecular weight is 303 g/mol. The van der Waals surface area contributed by atoms with E-state index in [4.69, 9.17) is 14.7 Å². The standard InChI is InChI=1S/C16H21N3O3/c1-12(20)22-15-4-3-13(11-16(15)21-2)14(5-6-17)19-9-7-18-8-10-19/h3-4,11,14,18H,5,7-10H2,1-2H3/t14-/m0/s1. The molecular weight excluding hydrogens is 282 g/mol. The highest BCUT2D eigenvalue weighted by atomic mass is 16.6. The van der Waals surface area contributed by atoms with Crippen LogP contribution in [0.15, 0.2) is 18.2 Å². The molecule has 1 aliphatic rings. The summed E-state index contributed by atoms with van der Waals surface area (Å²) in [4.78, 5) is 13.4. The number of esters is 1. The second-order valence-corrected chi connectivity index (χ2v) is 5.17. The van der Waals surface area contributed by atoms with Gasteiger partial charge in [-0.15, -0.1) is 0 Å². The molecule has 0 bridgehead atoms. The number of hydrogen-bond acceptors (Lipinski definition) is 6. The third-order valence-electron chi connectivity index (χ3n) is 3.70. The Balaban J connectivity index is 2.27. The molecule has 1 N–H and O–H groups in total. The topological polar surface area (TPSA) is 74.6 Å². The molecule has 1 atom stereocenters. The Kier molecular flexibility index (Phi) is 5.75. The molecule has 0 aliphatic carbocycles. The molecule has 0 amide bonds. The van der Waals surface area contributed by atoms with Crippen LogP contribution in [-0.2, 0) is 4.79 Å². The van der Waals surface area contributed by atoms with Crippen molar-refractivity contribution in [2.75, 3.05) is 33.3 Å². The van der Waals surface area contributed by atoms with Crippen LogP contribution in [0, 0.1) is 11.3 Å². The summed E-state index contributed by atoms with van der Waals surface area (Å²) in [5.74, 6) is 0.516. The van der Waals surface area contributed by atoms with Crippen molar-refractivity contribution >= 4 is 5.97 Å². The van der Waals surface area contributed by atoms with Gasteiger partial charge in [-0.25, -0.2) is 0 Å².